The van der Waals surface area contributed by atoms with Crippen LogP contribution in [0.1, 0.15) is 33.6 Å². The third kappa shape index (κ3) is 2.52. The Kier molecular flexibility index (Phi) is 3.91. The first-order valence-electron chi connectivity index (χ1n) is 5.65. The number of nitrogens with one attached hydrogen (secondary N) is 1. The number of carbonyl (C=O) groups excluding carboxylic acids is 2. The monoisotopic (exact) mass is 228 g/mol. The van der Waals surface area contributed by atoms with Gasteiger partial charge >= 0.3 is 6.03 Å². The van der Waals surface area contributed by atoms with Gasteiger partial charge in [-0.2, -0.15) is 0 Å². The van der Waals surface area contributed by atoms with E-state index in [0.29, 0.717) is 18.8 Å². The number of carbonyl (C=O) groups is 2. The Bertz CT molecular complexity index is 291. The maximum Gasteiger partial charge on any atom is 0.325 e. The summed E-state index contributed by atoms with van der Waals surface area (Å²) in [7, 11) is 0. The van der Waals surface area contributed by atoms with Crippen molar-refractivity contribution in [3.63, 3.8) is 0 Å². The second-order valence-electron chi connectivity index (χ2n) is 4.89. The van der Waals surface area contributed by atoms with Gasteiger partial charge in [0, 0.05) is 13.2 Å². The molecule has 1 atom stereocenters. The summed E-state index contributed by atoms with van der Waals surface area (Å²) in [5, 5.41) is 11.4. The highest BCUT2D eigenvalue weighted by molar-refractivity contribution is 6.06. The maximum atomic E-state index is 12.0. The van der Waals surface area contributed by atoms with Gasteiger partial charge in [0.05, 0.1) is 0 Å². The topological polar surface area (TPSA) is 69.6 Å². The lowest BCUT2D eigenvalue weighted by Crippen LogP contribution is -2.45. The van der Waals surface area contributed by atoms with Crippen molar-refractivity contribution in [1.29, 1.82) is 0 Å². The predicted octanol–water partition coefficient (Wildman–Crippen LogP) is 0.725. The molecule has 0 bridgehead atoms. The van der Waals surface area contributed by atoms with Crippen molar-refractivity contribution in [2.45, 2.75) is 39.2 Å². The Morgan fingerprint density at radius 3 is 2.56 bits per heavy atom. The third-order valence-electron chi connectivity index (χ3n) is 2.70. The number of imide groups is 1. The normalized spacial score (nSPS) is 25.4. The van der Waals surface area contributed by atoms with Gasteiger partial charge in [0.25, 0.3) is 5.91 Å². The van der Waals surface area contributed by atoms with E-state index >= 15 is 0 Å². The van der Waals surface area contributed by atoms with Gasteiger partial charge in [-0.15, -0.1) is 0 Å². The molecule has 0 radical (unpaired) electrons. The highest BCUT2D eigenvalue weighted by atomic mass is 16.3. The van der Waals surface area contributed by atoms with Crippen LogP contribution in [0.15, 0.2) is 0 Å². The summed E-state index contributed by atoms with van der Waals surface area (Å²) in [6.45, 7) is 6.06. The maximum absolute atomic E-state index is 12.0. The van der Waals surface area contributed by atoms with Crippen LogP contribution in [0.3, 0.4) is 0 Å². The Hall–Kier alpha value is -1.10. The Balaban J connectivity index is 2.72. The van der Waals surface area contributed by atoms with Crippen LogP contribution >= 0.6 is 0 Å². The fourth-order valence-electron chi connectivity index (χ4n) is 2.13. The highest BCUT2D eigenvalue weighted by Crippen LogP contribution is 2.24. The molecule has 1 saturated heterocycles. The van der Waals surface area contributed by atoms with E-state index in [1.807, 2.05) is 13.8 Å². The largest absolute Gasteiger partial charge is 0.396 e. The van der Waals surface area contributed by atoms with Crippen LogP contribution in [-0.2, 0) is 4.79 Å². The molecule has 1 fully saturated rings. The molecule has 5 nitrogen and oxygen atoms in total. The fourth-order valence-corrected chi connectivity index (χ4v) is 2.13. The van der Waals surface area contributed by atoms with Crippen LogP contribution in [0.25, 0.3) is 0 Å². The number of hydrogen-bond donors (Lipinski definition) is 2. The van der Waals surface area contributed by atoms with E-state index in [2.05, 4.69) is 5.32 Å². The second kappa shape index (κ2) is 4.82. The Labute approximate surface area is 95.8 Å². The summed E-state index contributed by atoms with van der Waals surface area (Å²) in [4.78, 5) is 24.8. The van der Waals surface area contributed by atoms with Crippen molar-refractivity contribution < 1.29 is 14.7 Å². The fraction of sp³-hybridized carbons (Fsp3) is 0.818. The van der Waals surface area contributed by atoms with E-state index in [1.165, 1.54) is 4.90 Å². The molecule has 3 amide bonds. The number of aliphatic hydroxyl groups is 1. The molecule has 1 unspecified atom stereocenters. The zero-order chi connectivity index (χ0) is 12.3. The Morgan fingerprint density at radius 2 is 2.06 bits per heavy atom. The number of rotatable bonds is 5. The summed E-state index contributed by atoms with van der Waals surface area (Å²) in [5.74, 6) is 0.159. The van der Waals surface area contributed by atoms with Crippen molar-refractivity contribution >= 4 is 11.9 Å². The minimum Gasteiger partial charge on any atom is -0.396 e. The standard InChI is InChI=1S/C11H20N2O3/c1-8(2)7-11(3)9(15)13(5-4-6-14)10(16)12-11/h8,14H,4-7H2,1-3H3,(H,12,16). The van der Waals surface area contributed by atoms with Crippen LogP contribution in [-0.4, -0.2) is 40.6 Å². The summed E-state index contributed by atoms with van der Waals surface area (Å²) in [6, 6.07) is -0.346. The number of amides is 3. The number of urea groups is 1. The molecule has 0 aromatic heterocycles. The number of aliphatic hydroxyl groups excluding tert-OH is 1. The molecule has 0 aromatic rings. The van der Waals surface area contributed by atoms with Crippen LogP contribution in [0.4, 0.5) is 4.79 Å². The van der Waals surface area contributed by atoms with Gasteiger partial charge < -0.3 is 10.4 Å². The first-order chi connectivity index (χ1) is 7.40. The molecule has 2 N–H and O–H groups in total. The lowest BCUT2D eigenvalue weighted by Gasteiger charge is -2.23. The summed E-state index contributed by atoms with van der Waals surface area (Å²) < 4.78 is 0. The second-order valence-corrected chi connectivity index (χ2v) is 4.89. The first-order valence-corrected chi connectivity index (χ1v) is 5.65. The van der Waals surface area contributed by atoms with E-state index in [-0.39, 0.29) is 25.1 Å². The number of nitrogens with zero attached hydrogens (tertiary/aromatic N) is 1. The molecule has 16 heavy (non-hydrogen) atoms. The van der Waals surface area contributed by atoms with Crippen LogP contribution in [0, 0.1) is 5.92 Å². The van der Waals surface area contributed by atoms with E-state index < -0.39 is 5.54 Å². The number of hydrogen-bond acceptors (Lipinski definition) is 3. The highest BCUT2D eigenvalue weighted by Gasteiger charge is 2.47. The average molecular weight is 228 g/mol. The van der Waals surface area contributed by atoms with Gasteiger partial charge in [0.15, 0.2) is 0 Å². The quantitative estimate of drug-likeness (QED) is 0.681. The van der Waals surface area contributed by atoms with E-state index in [0.717, 1.165) is 0 Å². The smallest absolute Gasteiger partial charge is 0.325 e. The predicted molar refractivity (Wildman–Crippen MR) is 59.8 cm³/mol. The van der Waals surface area contributed by atoms with Gasteiger partial charge in [-0.25, -0.2) is 4.79 Å². The van der Waals surface area contributed by atoms with E-state index in [9.17, 15) is 9.59 Å². The van der Waals surface area contributed by atoms with Gasteiger partial charge in [0.1, 0.15) is 5.54 Å². The lowest BCUT2D eigenvalue weighted by molar-refractivity contribution is -0.131. The molecule has 1 rings (SSSR count). The first kappa shape index (κ1) is 13.0. The molecular formula is C11H20N2O3. The molecule has 1 aliphatic rings. The van der Waals surface area contributed by atoms with Crippen LogP contribution in [0.5, 0.6) is 0 Å². The average Bonchev–Trinajstić information content (AvgIpc) is 2.35. The zero-order valence-electron chi connectivity index (χ0n) is 10.1. The van der Waals surface area contributed by atoms with Crippen LogP contribution < -0.4 is 5.32 Å². The molecule has 0 aromatic carbocycles. The molecule has 1 heterocycles. The summed E-state index contributed by atoms with van der Waals surface area (Å²) >= 11 is 0. The zero-order valence-corrected chi connectivity index (χ0v) is 10.1. The molecule has 0 saturated carbocycles. The molecular weight excluding hydrogens is 208 g/mol. The lowest BCUT2D eigenvalue weighted by atomic mass is 9.91. The van der Waals surface area contributed by atoms with Gasteiger partial charge in [0.2, 0.25) is 0 Å². The van der Waals surface area contributed by atoms with Gasteiger partial charge in [-0.05, 0) is 25.7 Å². The Morgan fingerprint density at radius 1 is 1.44 bits per heavy atom. The van der Waals surface area contributed by atoms with E-state index in [1.54, 1.807) is 6.92 Å². The van der Waals surface area contributed by atoms with Gasteiger partial charge in [-0.1, -0.05) is 13.8 Å². The van der Waals surface area contributed by atoms with Crippen molar-refractivity contribution in [2.24, 2.45) is 5.92 Å². The summed E-state index contributed by atoms with van der Waals surface area (Å²) in [6.07, 6.45) is 1.06. The van der Waals surface area contributed by atoms with Crippen molar-refractivity contribution in [1.82, 2.24) is 10.2 Å². The molecule has 1 aliphatic heterocycles. The van der Waals surface area contributed by atoms with Crippen molar-refractivity contribution in [3.05, 3.63) is 0 Å². The van der Waals surface area contributed by atoms with Gasteiger partial charge in [-0.3, -0.25) is 9.69 Å². The summed E-state index contributed by atoms with van der Waals surface area (Å²) in [5.41, 5.74) is -0.777. The molecule has 0 aliphatic carbocycles. The SMILES string of the molecule is CC(C)CC1(C)NC(=O)N(CCCO)C1=O. The molecule has 0 spiro atoms. The van der Waals surface area contributed by atoms with Crippen molar-refractivity contribution in [3.8, 4) is 0 Å². The minimum absolute atomic E-state index is 0.0159. The van der Waals surface area contributed by atoms with E-state index in [4.69, 9.17) is 5.11 Å². The molecule has 5 heteroatoms. The van der Waals surface area contributed by atoms with Crippen LogP contribution in [0.2, 0.25) is 0 Å². The van der Waals surface area contributed by atoms with Crippen molar-refractivity contribution in [2.75, 3.05) is 13.2 Å². The third-order valence-corrected chi connectivity index (χ3v) is 2.70. The minimum atomic E-state index is -0.777. The molecule has 92 valence electrons.